The second-order valence-corrected chi connectivity index (χ2v) is 8.82. The third kappa shape index (κ3) is 3.83. The van der Waals surface area contributed by atoms with E-state index in [1.807, 2.05) is 36.4 Å². The molecular weight excluding hydrogens is 478 g/mol. The molecule has 6 rings (SSSR count). The highest BCUT2D eigenvalue weighted by Gasteiger charge is 2.16. The monoisotopic (exact) mass is 493 g/mol. The smallest absolute Gasteiger partial charge is 0.266 e. The van der Waals surface area contributed by atoms with Crippen LogP contribution in [0.25, 0.3) is 39.4 Å². The van der Waals surface area contributed by atoms with Crippen molar-refractivity contribution in [3.63, 3.8) is 0 Å². The van der Waals surface area contributed by atoms with Gasteiger partial charge in [0.25, 0.3) is 11.2 Å². The van der Waals surface area contributed by atoms with Crippen molar-refractivity contribution in [2.45, 2.75) is 0 Å². The second-order valence-electron chi connectivity index (χ2n) is 7.81. The summed E-state index contributed by atoms with van der Waals surface area (Å²) < 4.78 is 3.37. The Morgan fingerprint density at radius 3 is 2.56 bits per heavy atom. The van der Waals surface area contributed by atoms with Crippen LogP contribution in [0.3, 0.4) is 0 Å². The lowest BCUT2D eigenvalue weighted by molar-refractivity contribution is -0.384. The van der Waals surface area contributed by atoms with Gasteiger partial charge in [-0.15, -0.1) is 5.10 Å². The van der Waals surface area contributed by atoms with Crippen molar-refractivity contribution < 1.29 is 4.92 Å². The number of fused-ring (bicyclic) bond motifs is 1. The van der Waals surface area contributed by atoms with Crippen LogP contribution in [-0.4, -0.2) is 34.3 Å². The maximum atomic E-state index is 13.2. The first-order valence-electron chi connectivity index (χ1n) is 10.8. The van der Waals surface area contributed by atoms with Crippen LogP contribution in [-0.2, 0) is 0 Å². The number of aromatic nitrogens is 6. The minimum absolute atomic E-state index is 0.0426. The van der Waals surface area contributed by atoms with Crippen LogP contribution in [0.2, 0.25) is 0 Å². The number of benzene rings is 2. The summed E-state index contributed by atoms with van der Waals surface area (Å²) in [5, 5.41) is 20.4. The summed E-state index contributed by atoms with van der Waals surface area (Å²) in [5.74, 6) is 0.423. The largest absolute Gasteiger partial charge is 0.291 e. The van der Waals surface area contributed by atoms with Crippen molar-refractivity contribution in [3.05, 3.63) is 116 Å². The van der Waals surface area contributed by atoms with Gasteiger partial charge in [-0.2, -0.15) is 14.6 Å². The van der Waals surface area contributed by atoms with E-state index < -0.39 is 4.92 Å². The molecule has 0 saturated carbocycles. The van der Waals surface area contributed by atoms with Crippen molar-refractivity contribution in [2.24, 2.45) is 0 Å². The number of nitro benzene ring substituents is 1. The van der Waals surface area contributed by atoms with Crippen LogP contribution >= 0.6 is 11.3 Å². The molecule has 2 aromatic carbocycles. The third-order valence-corrected chi connectivity index (χ3v) is 6.44. The minimum atomic E-state index is -0.448. The lowest BCUT2D eigenvalue weighted by Crippen LogP contribution is -2.23. The summed E-state index contributed by atoms with van der Waals surface area (Å²) in [4.78, 5) is 33.1. The van der Waals surface area contributed by atoms with E-state index in [-0.39, 0.29) is 11.2 Å². The SMILES string of the molecule is O=c1c(=Cc2cn(-c3ccccc3)nc2-c2cccc([N+](=O)[O-])c2)sc2nc(-c3cccnc3)nn12. The lowest BCUT2D eigenvalue weighted by Gasteiger charge is -2.00. The number of non-ortho nitro benzene ring substituents is 1. The maximum absolute atomic E-state index is 13.2. The first-order valence-corrected chi connectivity index (χ1v) is 11.6. The van der Waals surface area contributed by atoms with Gasteiger partial charge in [-0.1, -0.05) is 41.7 Å². The van der Waals surface area contributed by atoms with Gasteiger partial charge in [-0.05, 0) is 30.3 Å². The molecule has 0 saturated heterocycles. The molecule has 0 bridgehead atoms. The van der Waals surface area contributed by atoms with E-state index in [0.29, 0.717) is 32.1 Å². The number of nitro groups is 1. The Kier molecular flexibility index (Phi) is 5.16. The van der Waals surface area contributed by atoms with E-state index in [2.05, 4.69) is 15.1 Å². The molecule has 36 heavy (non-hydrogen) atoms. The Hall–Kier alpha value is -5.03. The standard InChI is InChI=1S/C25H15N7O3S/c33-24-21(36-25-27-23(29-31(24)25)17-7-5-11-26-14-17)13-18-15-30(19-8-2-1-3-9-19)28-22(18)16-6-4-10-20(12-16)32(34)35/h1-15H. The van der Waals surface area contributed by atoms with Crippen LogP contribution in [0.15, 0.2) is 90.1 Å². The second kappa shape index (κ2) is 8.64. The Labute approximate surface area is 206 Å². The Morgan fingerprint density at radius 1 is 0.972 bits per heavy atom. The van der Waals surface area contributed by atoms with E-state index in [1.54, 1.807) is 47.5 Å². The highest BCUT2D eigenvalue weighted by Crippen LogP contribution is 2.27. The fourth-order valence-electron chi connectivity index (χ4n) is 3.79. The van der Waals surface area contributed by atoms with Crippen molar-refractivity contribution in [3.8, 4) is 28.3 Å². The molecular formula is C25H15N7O3S. The molecule has 0 atom stereocenters. The van der Waals surface area contributed by atoms with Gasteiger partial charge in [-0.3, -0.25) is 19.9 Å². The lowest BCUT2D eigenvalue weighted by atomic mass is 10.1. The summed E-state index contributed by atoms with van der Waals surface area (Å²) in [6.45, 7) is 0. The number of para-hydroxylation sites is 1. The minimum Gasteiger partial charge on any atom is -0.266 e. The Morgan fingerprint density at radius 2 is 1.81 bits per heavy atom. The molecule has 0 spiro atoms. The van der Waals surface area contributed by atoms with Crippen molar-refractivity contribution in [1.29, 1.82) is 0 Å². The summed E-state index contributed by atoms with van der Waals surface area (Å²) in [6, 6.07) is 19.4. The number of hydrogen-bond acceptors (Lipinski definition) is 8. The molecule has 4 aromatic heterocycles. The van der Waals surface area contributed by atoms with Crippen LogP contribution in [0.5, 0.6) is 0 Å². The molecule has 174 valence electrons. The topological polar surface area (TPSA) is 121 Å². The molecule has 4 heterocycles. The molecule has 0 amide bonds. The van der Waals surface area contributed by atoms with Gasteiger partial charge >= 0.3 is 0 Å². The number of rotatable bonds is 5. The van der Waals surface area contributed by atoms with E-state index >= 15 is 0 Å². The van der Waals surface area contributed by atoms with Gasteiger partial charge in [0.05, 0.1) is 15.1 Å². The van der Waals surface area contributed by atoms with E-state index in [0.717, 1.165) is 11.3 Å². The predicted octanol–water partition coefficient (Wildman–Crippen LogP) is 3.52. The molecule has 0 unspecified atom stereocenters. The zero-order chi connectivity index (χ0) is 24.6. The van der Waals surface area contributed by atoms with Crippen LogP contribution in [0, 0.1) is 10.1 Å². The van der Waals surface area contributed by atoms with Gasteiger partial charge in [0.2, 0.25) is 4.96 Å². The van der Waals surface area contributed by atoms with E-state index in [4.69, 9.17) is 5.10 Å². The van der Waals surface area contributed by atoms with Crippen LogP contribution < -0.4 is 10.1 Å². The first kappa shape index (κ1) is 21.5. The summed E-state index contributed by atoms with van der Waals surface area (Å²) >= 11 is 1.21. The maximum Gasteiger partial charge on any atom is 0.291 e. The molecule has 0 radical (unpaired) electrons. The van der Waals surface area contributed by atoms with Crippen molar-refractivity contribution >= 4 is 28.1 Å². The molecule has 0 aliphatic rings. The van der Waals surface area contributed by atoms with Gasteiger partial charge in [0.1, 0.15) is 5.69 Å². The predicted molar refractivity (Wildman–Crippen MR) is 135 cm³/mol. The molecule has 0 aliphatic heterocycles. The summed E-state index contributed by atoms with van der Waals surface area (Å²) in [5.41, 5.74) is 2.89. The zero-order valence-corrected chi connectivity index (χ0v) is 19.2. The number of pyridine rings is 1. The van der Waals surface area contributed by atoms with Gasteiger partial charge < -0.3 is 0 Å². The fourth-order valence-corrected chi connectivity index (χ4v) is 4.69. The highest BCUT2D eigenvalue weighted by molar-refractivity contribution is 7.15. The van der Waals surface area contributed by atoms with Gasteiger partial charge in [0, 0.05) is 47.4 Å². The van der Waals surface area contributed by atoms with Gasteiger partial charge in [-0.25, -0.2) is 4.68 Å². The normalized spacial score (nSPS) is 11.8. The van der Waals surface area contributed by atoms with E-state index in [9.17, 15) is 14.9 Å². The van der Waals surface area contributed by atoms with Crippen LogP contribution in [0.4, 0.5) is 5.69 Å². The van der Waals surface area contributed by atoms with Crippen molar-refractivity contribution in [2.75, 3.05) is 0 Å². The average molecular weight is 494 g/mol. The Balaban J connectivity index is 1.51. The first-order chi connectivity index (χ1) is 17.6. The molecule has 6 aromatic rings. The summed E-state index contributed by atoms with van der Waals surface area (Å²) in [7, 11) is 0. The van der Waals surface area contributed by atoms with Crippen molar-refractivity contribution in [1.82, 2.24) is 29.4 Å². The van der Waals surface area contributed by atoms with Crippen LogP contribution in [0.1, 0.15) is 5.56 Å². The zero-order valence-electron chi connectivity index (χ0n) is 18.4. The van der Waals surface area contributed by atoms with Gasteiger partial charge in [0.15, 0.2) is 5.82 Å². The molecule has 10 nitrogen and oxygen atoms in total. The average Bonchev–Trinajstić information content (AvgIpc) is 3.60. The summed E-state index contributed by atoms with van der Waals surface area (Å²) in [6.07, 6.45) is 6.80. The highest BCUT2D eigenvalue weighted by atomic mass is 32.1. The third-order valence-electron chi connectivity index (χ3n) is 5.48. The number of nitrogens with zero attached hydrogens (tertiary/aromatic N) is 7. The molecule has 0 fully saturated rings. The number of hydrogen-bond donors (Lipinski definition) is 0. The number of thiazole rings is 1. The molecule has 0 N–H and O–H groups in total. The molecule has 0 aliphatic carbocycles. The molecule has 11 heteroatoms. The quantitative estimate of drug-likeness (QED) is 0.266. The fraction of sp³-hybridized carbons (Fsp3) is 0. The van der Waals surface area contributed by atoms with E-state index in [1.165, 1.54) is 28.0 Å². The Bertz CT molecular complexity index is 1840.